The Kier molecular flexibility index (Phi) is 4.75. The maximum atomic E-state index is 12.4. The van der Waals surface area contributed by atoms with Crippen LogP contribution < -0.4 is 10.1 Å². The highest BCUT2D eigenvalue weighted by Crippen LogP contribution is 2.29. The van der Waals surface area contributed by atoms with Crippen molar-refractivity contribution in [1.82, 2.24) is 9.97 Å². The first-order chi connectivity index (χ1) is 12.3. The van der Waals surface area contributed by atoms with Gasteiger partial charge < -0.3 is 10.1 Å². The molecule has 2 aromatic carbocycles. The molecule has 0 atom stereocenters. The standard InChI is InChI=1S/C18H14F3N3O2/c1-11(25)24-14-5-2-12(3-6-14)13-4-7-16-15(8-13)17(23-10-22-16)26-9-18(19,20)21/h2-8,10H,9H2,1H3,(H,24,25). The van der Waals surface area contributed by atoms with Crippen molar-refractivity contribution < 1.29 is 22.7 Å². The lowest BCUT2D eigenvalue weighted by atomic mass is 10.0. The number of halogens is 3. The van der Waals surface area contributed by atoms with E-state index in [1.54, 1.807) is 42.5 Å². The molecule has 0 spiro atoms. The molecule has 5 nitrogen and oxygen atoms in total. The second kappa shape index (κ2) is 6.99. The van der Waals surface area contributed by atoms with Crippen LogP contribution in [0.1, 0.15) is 6.92 Å². The number of hydrogen-bond acceptors (Lipinski definition) is 4. The number of carbonyl (C=O) groups is 1. The van der Waals surface area contributed by atoms with Crippen molar-refractivity contribution in [1.29, 1.82) is 0 Å². The van der Waals surface area contributed by atoms with Crippen molar-refractivity contribution in [3.05, 3.63) is 48.8 Å². The minimum absolute atomic E-state index is 0.121. The van der Waals surface area contributed by atoms with Gasteiger partial charge in [0.2, 0.25) is 11.8 Å². The van der Waals surface area contributed by atoms with E-state index < -0.39 is 12.8 Å². The van der Waals surface area contributed by atoms with Gasteiger partial charge in [0.15, 0.2) is 6.61 Å². The SMILES string of the molecule is CC(=O)Nc1ccc(-c2ccc3ncnc(OCC(F)(F)F)c3c2)cc1. The normalized spacial score (nSPS) is 11.4. The summed E-state index contributed by atoms with van der Waals surface area (Å²) in [5.41, 5.74) is 2.72. The number of nitrogens with one attached hydrogen (secondary N) is 1. The summed E-state index contributed by atoms with van der Waals surface area (Å²) in [5.74, 6) is -0.295. The number of rotatable bonds is 4. The monoisotopic (exact) mass is 361 g/mol. The molecule has 0 aliphatic heterocycles. The van der Waals surface area contributed by atoms with Crippen molar-refractivity contribution in [3.63, 3.8) is 0 Å². The topological polar surface area (TPSA) is 64.1 Å². The van der Waals surface area contributed by atoms with E-state index in [2.05, 4.69) is 15.3 Å². The molecule has 0 fully saturated rings. The summed E-state index contributed by atoms with van der Waals surface area (Å²) in [6, 6.07) is 12.2. The molecule has 0 bridgehead atoms. The third kappa shape index (κ3) is 4.27. The van der Waals surface area contributed by atoms with Gasteiger partial charge in [-0.15, -0.1) is 0 Å². The summed E-state index contributed by atoms with van der Waals surface area (Å²) in [6.07, 6.45) is -3.29. The van der Waals surface area contributed by atoms with E-state index in [1.807, 2.05) is 0 Å². The predicted molar refractivity (Wildman–Crippen MR) is 90.8 cm³/mol. The molecule has 0 saturated heterocycles. The Hall–Kier alpha value is -3.16. The van der Waals surface area contributed by atoms with Gasteiger partial charge in [-0.3, -0.25) is 4.79 Å². The van der Waals surface area contributed by atoms with E-state index in [1.165, 1.54) is 6.92 Å². The van der Waals surface area contributed by atoms with Crippen LogP contribution >= 0.6 is 0 Å². The van der Waals surface area contributed by atoms with Crippen LogP contribution in [0.3, 0.4) is 0 Å². The van der Waals surface area contributed by atoms with Gasteiger partial charge in [-0.05, 0) is 35.4 Å². The molecular weight excluding hydrogens is 347 g/mol. The van der Waals surface area contributed by atoms with Crippen molar-refractivity contribution in [3.8, 4) is 17.0 Å². The maximum Gasteiger partial charge on any atom is 0.422 e. The number of benzene rings is 2. The van der Waals surface area contributed by atoms with Crippen LogP contribution in [-0.2, 0) is 4.79 Å². The van der Waals surface area contributed by atoms with E-state index in [0.717, 1.165) is 17.5 Å². The quantitative estimate of drug-likeness (QED) is 0.757. The van der Waals surface area contributed by atoms with E-state index in [9.17, 15) is 18.0 Å². The largest absolute Gasteiger partial charge is 0.467 e. The van der Waals surface area contributed by atoms with Gasteiger partial charge in [0, 0.05) is 12.6 Å². The van der Waals surface area contributed by atoms with Gasteiger partial charge in [-0.25, -0.2) is 9.97 Å². The van der Waals surface area contributed by atoms with E-state index in [4.69, 9.17) is 4.74 Å². The number of ether oxygens (including phenoxy) is 1. The lowest BCUT2D eigenvalue weighted by Crippen LogP contribution is -2.19. The van der Waals surface area contributed by atoms with E-state index in [0.29, 0.717) is 16.6 Å². The van der Waals surface area contributed by atoms with Crippen molar-refractivity contribution >= 4 is 22.5 Å². The zero-order chi connectivity index (χ0) is 18.7. The molecule has 3 aromatic rings. The molecule has 8 heteroatoms. The van der Waals surface area contributed by atoms with Crippen LogP contribution in [0.25, 0.3) is 22.0 Å². The van der Waals surface area contributed by atoms with Gasteiger partial charge in [-0.2, -0.15) is 13.2 Å². The third-order valence-corrected chi connectivity index (χ3v) is 3.51. The first kappa shape index (κ1) is 17.7. The smallest absolute Gasteiger partial charge is 0.422 e. The van der Waals surface area contributed by atoms with E-state index >= 15 is 0 Å². The van der Waals surface area contributed by atoms with Crippen molar-refractivity contribution in [2.75, 3.05) is 11.9 Å². The molecule has 0 aliphatic rings. The Morgan fingerprint density at radius 3 is 2.42 bits per heavy atom. The minimum Gasteiger partial charge on any atom is -0.467 e. The highest BCUT2D eigenvalue weighted by Gasteiger charge is 2.29. The van der Waals surface area contributed by atoms with Crippen LogP contribution in [0.5, 0.6) is 5.88 Å². The predicted octanol–water partition coefficient (Wildman–Crippen LogP) is 4.20. The van der Waals surface area contributed by atoms with Crippen LogP contribution in [-0.4, -0.2) is 28.7 Å². The molecule has 26 heavy (non-hydrogen) atoms. The average molecular weight is 361 g/mol. The summed E-state index contributed by atoms with van der Waals surface area (Å²) in [4.78, 5) is 18.9. The number of amides is 1. The summed E-state index contributed by atoms with van der Waals surface area (Å²) in [7, 11) is 0. The molecule has 0 saturated carbocycles. The molecule has 1 N–H and O–H groups in total. The third-order valence-electron chi connectivity index (χ3n) is 3.51. The Balaban J connectivity index is 1.93. The number of aromatic nitrogens is 2. The van der Waals surface area contributed by atoms with Gasteiger partial charge in [0.1, 0.15) is 6.33 Å². The van der Waals surface area contributed by atoms with Gasteiger partial charge >= 0.3 is 6.18 Å². The maximum absolute atomic E-state index is 12.4. The Morgan fingerprint density at radius 1 is 1.08 bits per heavy atom. The average Bonchev–Trinajstić information content (AvgIpc) is 2.59. The van der Waals surface area contributed by atoms with Crippen LogP contribution in [0.4, 0.5) is 18.9 Å². The Labute approximate surface area is 146 Å². The van der Waals surface area contributed by atoms with Gasteiger partial charge in [0.25, 0.3) is 0 Å². The Morgan fingerprint density at radius 2 is 1.77 bits per heavy atom. The summed E-state index contributed by atoms with van der Waals surface area (Å²) in [6.45, 7) is -0.00548. The second-order valence-corrected chi connectivity index (χ2v) is 5.57. The molecule has 1 heterocycles. The Bertz CT molecular complexity index is 941. The fourth-order valence-electron chi connectivity index (χ4n) is 2.43. The van der Waals surface area contributed by atoms with Crippen LogP contribution in [0, 0.1) is 0 Å². The highest BCUT2D eigenvalue weighted by atomic mass is 19.4. The van der Waals surface area contributed by atoms with Crippen LogP contribution in [0.2, 0.25) is 0 Å². The summed E-state index contributed by atoms with van der Waals surface area (Å²) < 4.78 is 42.1. The van der Waals surface area contributed by atoms with Crippen molar-refractivity contribution in [2.24, 2.45) is 0 Å². The molecule has 0 aliphatic carbocycles. The zero-order valence-electron chi connectivity index (χ0n) is 13.7. The first-order valence-corrected chi connectivity index (χ1v) is 7.64. The second-order valence-electron chi connectivity index (χ2n) is 5.57. The fraction of sp³-hybridized carbons (Fsp3) is 0.167. The molecule has 0 radical (unpaired) electrons. The minimum atomic E-state index is -4.45. The highest BCUT2D eigenvalue weighted by molar-refractivity contribution is 5.90. The molecule has 1 aromatic heterocycles. The van der Waals surface area contributed by atoms with E-state index in [-0.39, 0.29) is 11.8 Å². The molecule has 3 rings (SSSR count). The molecule has 1 amide bonds. The zero-order valence-corrected chi connectivity index (χ0v) is 13.7. The fourth-order valence-corrected chi connectivity index (χ4v) is 2.43. The number of carbonyl (C=O) groups excluding carboxylic acids is 1. The molecule has 134 valence electrons. The van der Waals surface area contributed by atoms with Gasteiger partial charge in [0.05, 0.1) is 10.9 Å². The summed E-state index contributed by atoms with van der Waals surface area (Å²) in [5, 5.41) is 3.06. The lowest BCUT2D eigenvalue weighted by Gasteiger charge is -2.11. The van der Waals surface area contributed by atoms with Gasteiger partial charge in [-0.1, -0.05) is 18.2 Å². The number of nitrogens with zero attached hydrogens (tertiary/aromatic N) is 2. The van der Waals surface area contributed by atoms with Crippen molar-refractivity contribution in [2.45, 2.75) is 13.1 Å². The van der Waals surface area contributed by atoms with Crippen LogP contribution in [0.15, 0.2) is 48.8 Å². The molecular formula is C18H14F3N3O2. The number of anilines is 1. The molecule has 0 unspecified atom stereocenters. The summed E-state index contributed by atoms with van der Waals surface area (Å²) >= 11 is 0. The number of hydrogen-bond donors (Lipinski definition) is 1. The number of fused-ring (bicyclic) bond motifs is 1. The first-order valence-electron chi connectivity index (χ1n) is 7.64. The number of alkyl halides is 3. The lowest BCUT2D eigenvalue weighted by molar-refractivity contribution is -0.153.